The Bertz CT molecular complexity index is 751. The Morgan fingerprint density at radius 3 is 2.81 bits per heavy atom. The highest BCUT2D eigenvalue weighted by Crippen LogP contribution is 2.18. The summed E-state index contributed by atoms with van der Waals surface area (Å²) in [5.41, 5.74) is 3.37. The zero-order valence-corrected chi connectivity index (χ0v) is 17.2. The molecular formula is C21H32FN5. The fourth-order valence-corrected chi connectivity index (χ4v) is 3.12. The maximum Gasteiger partial charge on any atom is 0.193 e. The molecule has 2 aromatic rings. The van der Waals surface area contributed by atoms with Crippen LogP contribution in [-0.4, -0.2) is 40.8 Å². The van der Waals surface area contributed by atoms with E-state index in [0.717, 1.165) is 43.1 Å². The lowest BCUT2D eigenvalue weighted by atomic mass is 10.1. The Balaban J connectivity index is 1.97. The lowest BCUT2D eigenvalue weighted by Crippen LogP contribution is -2.38. The van der Waals surface area contributed by atoms with Crippen molar-refractivity contribution in [3.05, 3.63) is 53.1 Å². The first-order chi connectivity index (χ1) is 12.9. The summed E-state index contributed by atoms with van der Waals surface area (Å²) in [4.78, 5) is 6.87. The van der Waals surface area contributed by atoms with Gasteiger partial charge in [0.15, 0.2) is 5.96 Å². The van der Waals surface area contributed by atoms with Crippen LogP contribution in [-0.2, 0) is 20.0 Å². The van der Waals surface area contributed by atoms with Crippen LogP contribution < -0.4 is 5.32 Å². The zero-order valence-electron chi connectivity index (χ0n) is 17.2. The quantitative estimate of drug-likeness (QED) is 0.436. The standard InChI is InChI=1S/C21H32FN5/c1-6-23-21(24-12-8-10-17-9-7-11-19(22)13-17)26(4)14-18-15-27(5)25-20(18)16(2)3/h7,9,11,13,15-16H,6,8,10,12,14H2,1-5H3,(H,23,24). The van der Waals surface area contributed by atoms with E-state index in [0.29, 0.717) is 12.5 Å². The molecule has 5 nitrogen and oxygen atoms in total. The molecule has 0 saturated heterocycles. The van der Waals surface area contributed by atoms with Crippen molar-refractivity contribution >= 4 is 5.96 Å². The third kappa shape index (κ3) is 6.38. The molecule has 1 heterocycles. The van der Waals surface area contributed by atoms with Gasteiger partial charge in [0.05, 0.1) is 5.69 Å². The van der Waals surface area contributed by atoms with Crippen molar-refractivity contribution in [2.45, 2.75) is 46.1 Å². The number of aliphatic imine (C=N–C) groups is 1. The number of halogens is 1. The van der Waals surface area contributed by atoms with E-state index in [-0.39, 0.29) is 5.82 Å². The molecule has 0 fully saturated rings. The van der Waals surface area contributed by atoms with Crippen LogP contribution in [0.25, 0.3) is 0 Å². The van der Waals surface area contributed by atoms with Crippen molar-refractivity contribution in [2.24, 2.45) is 12.0 Å². The van der Waals surface area contributed by atoms with E-state index in [4.69, 9.17) is 4.99 Å². The number of hydrogen-bond donors (Lipinski definition) is 1. The van der Waals surface area contributed by atoms with Gasteiger partial charge in [0.25, 0.3) is 0 Å². The normalized spacial score (nSPS) is 11.9. The minimum Gasteiger partial charge on any atom is -0.357 e. The summed E-state index contributed by atoms with van der Waals surface area (Å²) in [5.74, 6) is 1.09. The molecule has 0 aliphatic carbocycles. The van der Waals surface area contributed by atoms with Gasteiger partial charge in [-0.25, -0.2) is 4.39 Å². The number of hydrogen-bond acceptors (Lipinski definition) is 2. The maximum absolute atomic E-state index is 13.3. The van der Waals surface area contributed by atoms with E-state index < -0.39 is 0 Å². The number of nitrogens with zero attached hydrogens (tertiary/aromatic N) is 4. The van der Waals surface area contributed by atoms with Crippen molar-refractivity contribution in [3.63, 3.8) is 0 Å². The smallest absolute Gasteiger partial charge is 0.193 e. The van der Waals surface area contributed by atoms with Gasteiger partial charge in [-0.1, -0.05) is 26.0 Å². The molecular weight excluding hydrogens is 341 g/mol. The molecule has 0 aliphatic heterocycles. The van der Waals surface area contributed by atoms with Crippen molar-refractivity contribution in [3.8, 4) is 0 Å². The van der Waals surface area contributed by atoms with Gasteiger partial charge in [0.1, 0.15) is 5.82 Å². The third-order valence-electron chi connectivity index (χ3n) is 4.36. The second-order valence-corrected chi connectivity index (χ2v) is 7.19. The van der Waals surface area contributed by atoms with Gasteiger partial charge in [-0.05, 0) is 43.4 Å². The Labute approximate surface area is 162 Å². The number of benzene rings is 1. The molecule has 148 valence electrons. The first-order valence-electron chi connectivity index (χ1n) is 9.67. The Hall–Kier alpha value is -2.37. The summed E-state index contributed by atoms with van der Waals surface area (Å²) in [6.07, 6.45) is 3.79. The fraction of sp³-hybridized carbons (Fsp3) is 0.524. The van der Waals surface area contributed by atoms with Crippen LogP contribution in [0.2, 0.25) is 0 Å². The number of nitrogens with one attached hydrogen (secondary N) is 1. The molecule has 1 aromatic heterocycles. The molecule has 0 saturated carbocycles. The summed E-state index contributed by atoms with van der Waals surface area (Å²) >= 11 is 0. The molecule has 0 amide bonds. The summed E-state index contributed by atoms with van der Waals surface area (Å²) in [6.45, 7) is 8.68. The first kappa shape index (κ1) is 20.9. The molecule has 1 aromatic carbocycles. The van der Waals surface area contributed by atoms with Gasteiger partial charge < -0.3 is 10.2 Å². The number of aromatic nitrogens is 2. The van der Waals surface area contributed by atoms with E-state index in [1.54, 1.807) is 12.1 Å². The summed E-state index contributed by atoms with van der Waals surface area (Å²) in [7, 11) is 4.01. The van der Waals surface area contributed by atoms with Crippen LogP contribution in [0, 0.1) is 5.82 Å². The second kappa shape index (κ2) is 10.1. The van der Waals surface area contributed by atoms with Crippen LogP contribution in [0.15, 0.2) is 35.5 Å². The van der Waals surface area contributed by atoms with Crippen molar-refractivity contribution < 1.29 is 4.39 Å². The second-order valence-electron chi connectivity index (χ2n) is 7.19. The lowest BCUT2D eigenvalue weighted by molar-refractivity contribution is 0.473. The summed E-state index contributed by atoms with van der Waals surface area (Å²) in [5, 5.41) is 7.94. The molecule has 0 bridgehead atoms. The van der Waals surface area contributed by atoms with Crippen LogP contribution in [0.3, 0.4) is 0 Å². The summed E-state index contributed by atoms with van der Waals surface area (Å²) in [6, 6.07) is 6.78. The highest BCUT2D eigenvalue weighted by molar-refractivity contribution is 5.79. The average Bonchev–Trinajstić information content (AvgIpc) is 2.98. The fourth-order valence-electron chi connectivity index (χ4n) is 3.12. The Morgan fingerprint density at radius 1 is 1.37 bits per heavy atom. The van der Waals surface area contributed by atoms with Gasteiger partial charge in [-0.2, -0.15) is 5.10 Å². The topological polar surface area (TPSA) is 45.5 Å². The largest absolute Gasteiger partial charge is 0.357 e. The van der Waals surface area contributed by atoms with E-state index in [2.05, 4.69) is 42.3 Å². The highest BCUT2D eigenvalue weighted by atomic mass is 19.1. The molecule has 0 atom stereocenters. The molecule has 0 aliphatic rings. The van der Waals surface area contributed by atoms with Gasteiger partial charge in [0, 0.05) is 45.5 Å². The van der Waals surface area contributed by atoms with Gasteiger partial charge in [-0.3, -0.25) is 9.67 Å². The zero-order chi connectivity index (χ0) is 19.8. The van der Waals surface area contributed by atoms with Crippen molar-refractivity contribution in [1.29, 1.82) is 0 Å². The van der Waals surface area contributed by atoms with E-state index in [9.17, 15) is 4.39 Å². The molecule has 1 N–H and O–H groups in total. The average molecular weight is 374 g/mol. The van der Waals surface area contributed by atoms with Crippen LogP contribution >= 0.6 is 0 Å². The van der Waals surface area contributed by atoms with E-state index in [1.807, 2.05) is 24.8 Å². The SMILES string of the molecule is CCNC(=NCCCc1cccc(F)c1)N(C)Cc1cn(C)nc1C(C)C. The number of rotatable bonds is 8. The minimum atomic E-state index is -0.179. The molecule has 0 spiro atoms. The van der Waals surface area contributed by atoms with E-state index in [1.165, 1.54) is 11.6 Å². The summed E-state index contributed by atoms with van der Waals surface area (Å²) < 4.78 is 15.1. The van der Waals surface area contributed by atoms with Gasteiger partial charge in [-0.15, -0.1) is 0 Å². The Morgan fingerprint density at radius 2 is 2.15 bits per heavy atom. The van der Waals surface area contributed by atoms with Crippen molar-refractivity contribution in [1.82, 2.24) is 20.0 Å². The molecule has 0 radical (unpaired) electrons. The Kier molecular flexibility index (Phi) is 7.82. The van der Waals surface area contributed by atoms with Crippen LogP contribution in [0.5, 0.6) is 0 Å². The van der Waals surface area contributed by atoms with Crippen molar-refractivity contribution in [2.75, 3.05) is 20.1 Å². The predicted molar refractivity (Wildman–Crippen MR) is 109 cm³/mol. The maximum atomic E-state index is 13.3. The van der Waals surface area contributed by atoms with Crippen LogP contribution in [0.1, 0.15) is 49.9 Å². The van der Waals surface area contributed by atoms with Gasteiger partial charge >= 0.3 is 0 Å². The third-order valence-corrected chi connectivity index (χ3v) is 4.36. The van der Waals surface area contributed by atoms with Crippen LogP contribution in [0.4, 0.5) is 4.39 Å². The first-order valence-corrected chi connectivity index (χ1v) is 9.67. The molecule has 6 heteroatoms. The number of aryl methyl sites for hydroxylation is 2. The molecule has 27 heavy (non-hydrogen) atoms. The molecule has 2 rings (SSSR count). The molecule has 0 unspecified atom stereocenters. The van der Waals surface area contributed by atoms with E-state index >= 15 is 0 Å². The highest BCUT2D eigenvalue weighted by Gasteiger charge is 2.15. The monoisotopic (exact) mass is 373 g/mol. The lowest BCUT2D eigenvalue weighted by Gasteiger charge is -2.22. The van der Waals surface area contributed by atoms with Gasteiger partial charge in [0.2, 0.25) is 0 Å². The minimum absolute atomic E-state index is 0.179. The predicted octanol–water partition coefficient (Wildman–Crippen LogP) is 3.71. The number of guanidine groups is 1.